The van der Waals surface area contributed by atoms with Crippen LogP contribution in [0.5, 0.6) is 5.75 Å². The van der Waals surface area contributed by atoms with E-state index in [1.165, 1.54) is 17.7 Å². The highest BCUT2D eigenvalue weighted by Gasteiger charge is 2.14. The lowest BCUT2D eigenvalue weighted by Gasteiger charge is -2.16. The van der Waals surface area contributed by atoms with E-state index >= 15 is 0 Å². The van der Waals surface area contributed by atoms with Crippen molar-refractivity contribution in [1.82, 2.24) is 0 Å². The zero-order chi connectivity index (χ0) is 14.1. The highest BCUT2D eigenvalue weighted by molar-refractivity contribution is 5.47. The zero-order valence-corrected chi connectivity index (χ0v) is 11.1. The molecule has 0 aliphatic carbocycles. The first-order valence-electron chi connectivity index (χ1n) is 6.61. The fourth-order valence-corrected chi connectivity index (χ4v) is 2.40. The van der Waals surface area contributed by atoms with Gasteiger partial charge in [-0.1, -0.05) is 6.07 Å². The van der Waals surface area contributed by atoms with Gasteiger partial charge in [-0.25, -0.2) is 8.78 Å². The second kappa shape index (κ2) is 5.12. The Morgan fingerprint density at radius 3 is 2.75 bits per heavy atom. The molecule has 2 nitrogen and oxygen atoms in total. The van der Waals surface area contributed by atoms with Crippen LogP contribution in [-0.4, -0.2) is 6.61 Å². The average molecular weight is 275 g/mol. The van der Waals surface area contributed by atoms with Gasteiger partial charge in [-0.15, -0.1) is 0 Å². The van der Waals surface area contributed by atoms with Gasteiger partial charge in [0.15, 0.2) is 11.6 Å². The van der Waals surface area contributed by atoms with Gasteiger partial charge < -0.3 is 10.1 Å². The summed E-state index contributed by atoms with van der Waals surface area (Å²) in [6.07, 6.45) is 0.918. The van der Waals surface area contributed by atoms with E-state index in [4.69, 9.17) is 4.74 Å². The van der Waals surface area contributed by atoms with Crippen LogP contribution in [0.15, 0.2) is 36.4 Å². The Morgan fingerprint density at radius 1 is 1.10 bits per heavy atom. The molecule has 1 atom stereocenters. The van der Waals surface area contributed by atoms with E-state index in [0.717, 1.165) is 30.4 Å². The molecular formula is C16H15F2NO. The second-order valence-corrected chi connectivity index (χ2v) is 4.96. The first-order valence-corrected chi connectivity index (χ1v) is 6.61. The van der Waals surface area contributed by atoms with Crippen LogP contribution in [-0.2, 0) is 6.42 Å². The van der Waals surface area contributed by atoms with Crippen LogP contribution < -0.4 is 10.1 Å². The van der Waals surface area contributed by atoms with Crippen LogP contribution in [0.25, 0.3) is 0 Å². The van der Waals surface area contributed by atoms with Crippen molar-refractivity contribution in [1.29, 1.82) is 0 Å². The summed E-state index contributed by atoms with van der Waals surface area (Å²) in [7, 11) is 0. The molecule has 0 amide bonds. The van der Waals surface area contributed by atoms with Crippen molar-refractivity contribution in [2.75, 3.05) is 11.9 Å². The van der Waals surface area contributed by atoms with E-state index in [-0.39, 0.29) is 6.04 Å². The molecule has 1 heterocycles. The summed E-state index contributed by atoms with van der Waals surface area (Å²) < 4.78 is 31.5. The largest absolute Gasteiger partial charge is 0.493 e. The Morgan fingerprint density at radius 2 is 1.95 bits per heavy atom. The minimum Gasteiger partial charge on any atom is -0.493 e. The maximum Gasteiger partial charge on any atom is 0.160 e. The average Bonchev–Trinajstić information content (AvgIpc) is 2.90. The summed E-state index contributed by atoms with van der Waals surface area (Å²) in [6, 6.07) is 9.88. The molecule has 104 valence electrons. The highest BCUT2D eigenvalue weighted by atomic mass is 19.2. The number of hydrogen-bond donors (Lipinski definition) is 1. The normalized spacial score (nSPS) is 14.6. The predicted octanol–water partition coefficient (Wildman–Crippen LogP) is 4.07. The molecule has 0 spiro atoms. The molecule has 0 radical (unpaired) electrons. The Labute approximate surface area is 116 Å². The van der Waals surface area contributed by atoms with Gasteiger partial charge in [-0.05, 0) is 42.3 Å². The molecule has 1 N–H and O–H groups in total. The number of ether oxygens (including phenoxy) is 1. The summed E-state index contributed by atoms with van der Waals surface area (Å²) in [5, 5.41) is 3.17. The van der Waals surface area contributed by atoms with E-state index in [9.17, 15) is 8.78 Å². The number of fused-ring (bicyclic) bond motifs is 1. The molecule has 0 bridgehead atoms. The van der Waals surface area contributed by atoms with Crippen molar-refractivity contribution in [2.45, 2.75) is 19.4 Å². The van der Waals surface area contributed by atoms with Gasteiger partial charge in [0, 0.05) is 24.2 Å². The van der Waals surface area contributed by atoms with Crippen molar-refractivity contribution >= 4 is 5.69 Å². The monoisotopic (exact) mass is 275 g/mol. The topological polar surface area (TPSA) is 21.3 Å². The van der Waals surface area contributed by atoms with Crippen LogP contribution >= 0.6 is 0 Å². The number of anilines is 1. The van der Waals surface area contributed by atoms with Crippen LogP contribution in [0, 0.1) is 11.6 Å². The molecule has 4 heteroatoms. The Kier molecular flexibility index (Phi) is 3.30. The number of benzene rings is 2. The lowest BCUT2D eigenvalue weighted by atomic mass is 10.0. The fraction of sp³-hybridized carbons (Fsp3) is 0.250. The van der Waals surface area contributed by atoms with Crippen LogP contribution in [0.3, 0.4) is 0 Å². The van der Waals surface area contributed by atoms with Crippen LogP contribution in [0.4, 0.5) is 14.5 Å². The standard InChI is InChI=1S/C16H15F2NO/c1-10(19-13-3-4-14(17)15(18)9-13)11-2-5-16-12(8-11)6-7-20-16/h2-5,8-10,19H,6-7H2,1H3. The highest BCUT2D eigenvalue weighted by Crippen LogP contribution is 2.29. The lowest BCUT2D eigenvalue weighted by Crippen LogP contribution is -2.07. The summed E-state index contributed by atoms with van der Waals surface area (Å²) in [5.74, 6) is -0.740. The Bertz CT molecular complexity index is 642. The molecule has 1 aliphatic heterocycles. The SMILES string of the molecule is CC(Nc1ccc(F)c(F)c1)c1ccc2c(c1)CCO2. The predicted molar refractivity (Wildman–Crippen MR) is 74.0 cm³/mol. The molecule has 1 unspecified atom stereocenters. The number of nitrogens with one attached hydrogen (secondary N) is 1. The fourth-order valence-electron chi connectivity index (χ4n) is 2.40. The minimum absolute atomic E-state index is 0.00533. The molecule has 0 saturated carbocycles. The third-order valence-electron chi connectivity index (χ3n) is 3.52. The van der Waals surface area contributed by atoms with E-state index < -0.39 is 11.6 Å². The van der Waals surface area contributed by atoms with E-state index in [1.54, 1.807) is 0 Å². The second-order valence-electron chi connectivity index (χ2n) is 4.96. The van der Waals surface area contributed by atoms with Crippen LogP contribution in [0.2, 0.25) is 0 Å². The molecular weight excluding hydrogens is 260 g/mol. The van der Waals surface area contributed by atoms with Gasteiger partial charge in [0.2, 0.25) is 0 Å². The first-order chi connectivity index (χ1) is 9.63. The van der Waals surface area contributed by atoms with E-state index in [1.807, 2.05) is 19.1 Å². The smallest absolute Gasteiger partial charge is 0.160 e. The van der Waals surface area contributed by atoms with Crippen molar-refractivity contribution < 1.29 is 13.5 Å². The van der Waals surface area contributed by atoms with Gasteiger partial charge in [0.05, 0.1) is 6.61 Å². The maximum absolute atomic E-state index is 13.2. The van der Waals surface area contributed by atoms with Gasteiger partial charge in [-0.2, -0.15) is 0 Å². The molecule has 2 aromatic carbocycles. The van der Waals surface area contributed by atoms with Crippen LogP contribution in [0.1, 0.15) is 24.1 Å². The summed E-state index contributed by atoms with van der Waals surface area (Å²) in [4.78, 5) is 0. The molecule has 3 rings (SSSR count). The van der Waals surface area contributed by atoms with Gasteiger partial charge in [0.1, 0.15) is 5.75 Å². The maximum atomic E-state index is 13.2. The molecule has 20 heavy (non-hydrogen) atoms. The molecule has 0 aromatic heterocycles. The summed E-state index contributed by atoms with van der Waals surface area (Å²) >= 11 is 0. The molecule has 0 fully saturated rings. The zero-order valence-electron chi connectivity index (χ0n) is 11.1. The van der Waals surface area contributed by atoms with E-state index in [2.05, 4.69) is 11.4 Å². The molecule has 2 aromatic rings. The van der Waals surface area contributed by atoms with Crippen molar-refractivity contribution in [3.63, 3.8) is 0 Å². The van der Waals surface area contributed by atoms with Gasteiger partial charge in [0.25, 0.3) is 0 Å². The molecule has 1 aliphatic rings. The lowest BCUT2D eigenvalue weighted by molar-refractivity contribution is 0.357. The van der Waals surface area contributed by atoms with Crippen molar-refractivity contribution in [2.24, 2.45) is 0 Å². The summed E-state index contributed by atoms with van der Waals surface area (Å²) in [5.41, 5.74) is 2.86. The van der Waals surface area contributed by atoms with Crippen molar-refractivity contribution in [3.05, 3.63) is 59.2 Å². The summed E-state index contributed by atoms with van der Waals surface area (Å²) in [6.45, 7) is 2.71. The number of halogens is 2. The minimum atomic E-state index is -0.843. The third kappa shape index (κ3) is 2.46. The van der Waals surface area contributed by atoms with Gasteiger partial charge in [-0.3, -0.25) is 0 Å². The first kappa shape index (κ1) is 12.9. The Hall–Kier alpha value is -2.10. The third-order valence-corrected chi connectivity index (χ3v) is 3.52. The van der Waals surface area contributed by atoms with Crippen molar-refractivity contribution in [3.8, 4) is 5.75 Å². The molecule has 0 saturated heterocycles. The van der Waals surface area contributed by atoms with Gasteiger partial charge >= 0.3 is 0 Å². The number of rotatable bonds is 3. The Balaban J connectivity index is 1.78. The quantitative estimate of drug-likeness (QED) is 0.911. The number of hydrogen-bond acceptors (Lipinski definition) is 2. The van der Waals surface area contributed by atoms with E-state index in [0.29, 0.717) is 5.69 Å².